The zero-order valence-corrected chi connectivity index (χ0v) is 12.8. The van der Waals surface area contributed by atoms with Crippen molar-refractivity contribution in [2.24, 2.45) is 5.41 Å². The van der Waals surface area contributed by atoms with Crippen LogP contribution in [0.5, 0.6) is 0 Å². The number of carbonyl (C=O) groups excluding carboxylic acids is 2. The van der Waals surface area contributed by atoms with Crippen LogP contribution in [0.25, 0.3) is 0 Å². The van der Waals surface area contributed by atoms with Gasteiger partial charge < -0.3 is 0 Å². The maximum Gasteiger partial charge on any atom is 0.270 e. The van der Waals surface area contributed by atoms with Crippen LogP contribution in [-0.4, -0.2) is 33.5 Å². The fourth-order valence-corrected chi connectivity index (χ4v) is 3.62. The molecule has 3 rings (SSSR count). The van der Waals surface area contributed by atoms with Gasteiger partial charge in [-0.05, 0) is 24.3 Å². The van der Waals surface area contributed by atoms with Gasteiger partial charge in [-0.1, -0.05) is 22.4 Å². The zero-order valence-electron chi connectivity index (χ0n) is 11.2. The summed E-state index contributed by atoms with van der Waals surface area (Å²) < 4.78 is 0. The van der Waals surface area contributed by atoms with Crippen molar-refractivity contribution in [2.75, 3.05) is 11.9 Å². The molecule has 0 bridgehead atoms. The predicted molar refractivity (Wildman–Crippen MR) is 78.5 cm³/mol. The van der Waals surface area contributed by atoms with E-state index in [-0.39, 0.29) is 28.1 Å². The number of hydrogen-bond donors (Lipinski definition) is 0. The highest BCUT2D eigenvalue weighted by Gasteiger charge is 2.44. The average Bonchev–Trinajstić information content (AvgIpc) is 2.66. The molecule has 0 aromatic heterocycles. The number of rotatable bonds is 4. The van der Waals surface area contributed by atoms with Gasteiger partial charge in [-0.15, -0.1) is 0 Å². The van der Waals surface area contributed by atoms with E-state index in [1.54, 1.807) is 0 Å². The lowest BCUT2D eigenvalue weighted by Crippen LogP contribution is -2.45. The molecule has 1 heterocycles. The molecule has 1 aromatic rings. The number of halogens is 1. The van der Waals surface area contributed by atoms with Gasteiger partial charge in [0, 0.05) is 24.0 Å². The van der Waals surface area contributed by atoms with E-state index in [9.17, 15) is 19.7 Å². The number of hydrogen-bond acceptors (Lipinski definition) is 4. The molecular formula is C14H13BrN2O4. The molecule has 0 atom stereocenters. The van der Waals surface area contributed by atoms with Crippen molar-refractivity contribution in [3.05, 3.63) is 39.4 Å². The molecule has 110 valence electrons. The van der Waals surface area contributed by atoms with Crippen LogP contribution in [-0.2, 0) is 0 Å². The van der Waals surface area contributed by atoms with E-state index in [1.165, 1.54) is 23.1 Å². The molecule has 1 aromatic carbocycles. The van der Waals surface area contributed by atoms with Gasteiger partial charge in [0.15, 0.2) is 0 Å². The quantitative estimate of drug-likeness (QED) is 0.361. The van der Waals surface area contributed by atoms with E-state index < -0.39 is 10.8 Å². The molecule has 1 aliphatic carbocycles. The summed E-state index contributed by atoms with van der Waals surface area (Å²) in [5.74, 6) is -0.775. The third kappa shape index (κ3) is 2.16. The molecule has 1 saturated carbocycles. The Hall–Kier alpha value is -1.76. The first-order valence-corrected chi connectivity index (χ1v) is 7.80. The Morgan fingerprint density at radius 1 is 1.24 bits per heavy atom. The van der Waals surface area contributed by atoms with Crippen molar-refractivity contribution in [1.29, 1.82) is 0 Å². The zero-order chi connectivity index (χ0) is 15.2. The number of nitro benzene ring substituents is 1. The lowest BCUT2D eigenvalue weighted by atomic mass is 9.70. The second-order valence-electron chi connectivity index (χ2n) is 5.67. The summed E-state index contributed by atoms with van der Waals surface area (Å²) in [7, 11) is 0. The molecule has 0 spiro atoms. The van der Waals surface area contributed by atoms with Crippen molar-refractivity contribution in [2.45, 2.75) is 19.3 Å². The molecule has 6 nitrogen and oxygen atoms in total. The van der Waals surface area contributed by atoms with Gasteiger partial charge >= 0.3 is 0 Å². The molecule has 0 saturated heterocycles. The molecule has 0 radical (unpaired) electrons. The number of fused-ring (bicyclic) bond motifs is 1. The monoisotopic (exact) mass is 352 g/mol. The SMILES string of the molecule is O=C1c2ccc([N+](=O)[O-])cc2C(=O)N1CC1(CBr)CCC1. The van der Waals surface area contributed by atoms with Crippen LogP contribution >= 0.6 is 15.9 Å². The van der Waals surface area contributed by atoms with Crippen LogP contribution in [0.3, 0.4) is 0 Å². The Kier molecular flexibility index (Phi) is 3.32. The van der Waals surface area contributed by atoms with Gasteiger partial charge in [-0.25, -0.2) is 0 Å². The summed E-state index contributed by atoms with van der Waals surface area (Å²) in [4.78, 5) is 36.2. The maximum atomic E-state index is 12.4. The smallest absolute Gasteiger partial charge is 0.270 e. The van der Waals surface area contributed by atoms with Crippen molar-refractivity contribution in [1.82, 2.24) is 4.90 Å². The van der Waals surface area contributed by atoms with E-state index in [2.05, 4.69) is 15.9 Å². The largest absolute Gasteiger partial charge is 0.274 e. The highest BCUT2D eigenvalue weighted by Crippen LogP contribution is 2.44. The number of nitrogens with zero attached hydrogens (tertiary/aromatic N) is 2. The Labute approximate surface area is 129 Å². The molecule has 2 aliphatic rings. The molecule has 7 heteroatoms. The van der Waals surface area contributed by atoms with E-state index in [0.717, 1.165) is 24.6 Å². The number of imide groups is 1. The van der Waals surface area contributed by atoms with Crippen LogP contribution in [0.4, 0.5) is 5.69 Å². The Balaban J connectivity index is 1.91. The van der Waals surface area contributed by atoms with E-state index in [4.69, 9.17) is 0 Å². The third-order valence-electron chi connectivity index (χ3n) is 4.36. The van der Waals surface area contributed by atoms with Gasteiger partial charge in [0.05, 0.1) is 16.1 Å². The summed E-state index contributed by atoms with van der Waals surface area (Å²) >= 11 is 3.46. The molecule has 0 unspecified atom stereocenters. The van der Waals surface area contributed by atoms with Crippen LogP contribution in [0.2, 0.25) is 0 Å². The molecular weight excluding hydrogens is 340 g/mol. The van der Waals surface area contributed by atoms with Crippen molar-refractivity contribution >= 4 is 33.4 Å². The number of nitro groups is 1. The minimum absolute atomic E-state index is 0.0424. The highest BCUT2D eigenvalue weighted by molar-refractivity contribution is 9.09. The number of amides is 2. The Bertz CT molecular complexity index is 649. The minimum atomic E-state index is -0.563. The van der Waals surface area contributed by atoms with Crippen molar-refractivity contribution in [3.8, 4) is 0 Å². The number of alkyl halides is 1. The first kappa shape index (κ1) is 14.2. The van der Waals surface area contributed by atoms with E-state index in [1.807, 2.05) is 0 Å². The highest BCUT2D eigenvalue weighted by atomic mass is 79.9. The van der Waals surface area contributed by atoms with Gasteiger partial charge in [-0.3, -0.25) is 24.6 Å². The van der Waals surface area contributed by atoms with Crippen LogP contribution in [0.1, 0.15) is 40.0 Å². The van der Waals surface area contributed by atoms with Crippen LogP contribution in [0, 0.1) is 15.5 Å². The summed E-state index contributed by atoms with van der Waals surface area (Å²) in [5, 5.41) is 11.5. The summed E-state index contributed by atoms with van der Waals surface area (Å²) in [5.41, 5.74) is 0.183. The van der Waals surface area contributed by atoms with Crippen molar-refractivity contribution in [3.63, 3.8) is 0 Å². The fraction of sp³-hybridized carbons (Fsp3) is 0.429. The average molecular weight is 353 g/mol. The lowest BCUT2D eigenvalue weighted by Gasteiger charge is -2.42. The lowest BCUT2D eigenvalue weighted by molar-refractivity contribution is -0.384. The summed E-state index contributed by atoms with van der Waals surface area (Å²) in [6, 6.07) is 3.82. The third-order valence-corrected chi connectivity index (χ3v) is 5.55. The number of carbonyl (C=O) groups is 2. The summed E-state index contributed by atoms with van der Waals surface area (Å²) in [6.45, 7) is 0.373. The summed E-state index contributed by atoms with van der Waals surface area (Å²) in [6.07, 6.45) is 3.05. The second kappa shape index (κ2) is 4.91. The van der Waals surface area contributed by atoms with Crippen LogP contribution < -0.4 is 0 Å². The first-order valence-electron chi connectivity index (χ1n) is 6.68. The van der Waals surface area contributed by atoms with E-state index >= 15 is 0 Å². The molecule has 1 fully saturated rings. The van der Waals surface area contributed by atoms with Crippen molar-refractivity contribution < 1.29 is 14.5 Å². The predicted octanol–water partition coefficient (Wildman–Crippen LogP) is 2.76. The normalized spacial score (nSPS) is 19.4. The standard InChI is InChI=1S/C14H13BrN2O4/c15-7-14(4-1-5-14)8-16-12(18)10-3-2-9(17(20)21)6-11(10)13(16)19/h2-3,6H,1,4-5,7-8H2. The van der Waals surface area contributed by atoms with Gasteiger partial charge in [0.25, 0.3) is 17.5 Å². The van der Waals surface area contributed by atoms with E-state index in [0.29, 0.717) is 6.54 Å². The topological polar surface area (TPSA) is 80.5 Å². The van der Waals surface area contributed by atoms with Crippen LogP contribution in [0.15, 0.2) is 18.2 Å². The van der Waals surface area contributed by atoms with Gasteiger partial charge in [0.2, 0.25) is 0 Å². The minimum Gasteiger partial charge on any atom is -0.274 e. The number of non-ortho nitro benzene ring substituents is 1. The molecule has 1 aliphatic heterocycles. The van der Waals surface area contributed by atoms with Gasteiger partial charge in [-0.2, -0.15) is 0 Å². The molecule has 0 N–H and O–H groups in total. The first-order chi connectivity index (χ1) is 9.97. The Morgan fingerprint density at radius 2 is 1.90 bits per heavy atom. The fourth-order valence-electron chi connectivity index (χ4n) is 2.88. The molecule has 2 amide bonds. The number of benzene rings is 1. The maximum absolute atomic E-state index is 12.4. The second-order valence-corrected chi connectivity index (χ2v) is 6.23. The molecule has 21 heavy (non-hydrogen) atoms. The Morgan fingerprint density at radius 3 is 2.43 bits per heavy atom. The van der Waals surface area contributed by atoms with Gasteiger partial charge in [0.1, 0.15) is 0 Å².